The van der Waals surface area contributed by atoms with E-state index in [0.29, 0.717) is 29.8 Å². The van der Waals surface area contributed by atoms with Crippen LogP contribution in [0.1, 0.15) is 41.6 Å². The first-order valence-corrected chi connectivity index (χ1v) is 9.64. The summed E-state index contributed by atoms with van der Waals surface area (Å²) in [5.41, 5.74) is 1.09. The summed E-state index contributed by atoms with van der Waals surface area (Å²) >= 11 is 0. The van der Waals surface area contributed by atoms with Crippen LogP contribution >= 0.6 is 0 Å². The van der Waals surface area contributed by atoms with Crippen molar-refractivity contribution in [2.24, 2.45) is 0 Å². The Bertz CT molecular complexity index is 935. The molecule has 0 radical (unpaired) electrons. The van der Waals surface area contributed by atoms with E-state index in [-0.39, 0.29) is 43.3 Å². The summed E-state index contributed by atoms with van der Waals surface area (Å²) in [6.07, 6.45) is 7.63. The summed E-state index contributed by atoms with van der Waals surface area (Å²) in [4.78, 5) is 51.9. The Labute approximate surface area is 168 Å². The first-order chi connectivity index (χ1) is 14.0. The van der Waals surface area contributed by atoms with Crippen molar-refractivity contribution in [1.29, 1.82) is 0 Å². The smallest absolute Gasteiger partial charge is 0.261 e. The molecule has 4 rings (SSSR count). The van der Waals surface area contributed by atoms with Crippen LogP contribution in [0.25, 0.3) is 0 Å². The molecule has 0 bridgehead atoms. The standard InChI is InChI=1S/C21H21N3O5/c1-2-13-5-4-10-23(13)19(26)12-29-17-7-3-6-14-15(17)11-24(21(14)28)16-8-9-18(25)22-20(16)27/h1,3,6-7,13,16H,4-5,8-12H2,(H,22,25,27). The molecule has 2 atom stereocenters. The normalized spacial score (nSPS) is 23.6. The third-order valence-electron chi connectivity index (χ3n) is 5.66. The average molecular weight is 395 g/mol. The number of benzene rings is 1. The van der Waals surface area contributed by atoms with Crippen LogP contribution in [0.15, 0.2) is 18.2 Å². The van der Waals surface area contributed by atoms with Crippen molar-refractivity contribution in [3.8, 4) is 18.1 Å². The van der Waals surface area contributed by atoms with Gasteiger partial charge in [-0.05, 0) is 31.4 Å². The summed E-state index contributed by atoms with van der Waals surface area (Å²) < 4.78 is 5.75. The summed E-state index contributed by atoms with van der Waals surface area (Å²) in [7, 11) is 0. The molecular weight excluding hydrogens is 374 g/mol. The van der Waals surface area contributed by atoms with Crippen LogP contribution in [-0.2, 0) is 20.9 Å². The van der Waals surface area contributed by atoms with Gasteiger partial charge in [-0.3, -0.25) is 24.5 Å². The zero-order valence-corrected chi connectivity index (χ0v) is 15.8. The summed E-state index contributed by atoms with van der Waals surface area (Å²) in [5, 5.41) is 2.28. The fourth-order valence-electron chi connectivity index (χ4n) is 4.15. The topological polar surface area (TPSA) is 96.0 Å². The summed E-state index contributed by atoms with van der Waals surface area (Å²) in [6, 6.07) is 4.17. The molecular formula is C21H21N3O5. The Balaban J connectivity index is 1.47. The van der Waals surface area contributed by atoms with Gasteiger partial charge in [0, 0.05) is 24.1 Å². The van der Waals surface area contributed by atoms with Crippen molar-refractivity contribution >= 4 is 23.6 Å². The molecule has 2 saturated heterocycles. The van der Waals surface area contributed by atoms with Crippen LogP contribution in [-0.4, -0.2) is 58.7 Å². The molecule has 1 N–H and O–H groups in total. The van der Waals surface area contributed by atoms with Crippen molar-refractivity contribution in [2.45, 2.75) is 44.3 Å². The molecule has 0 aromatic heterocycles. The minimum absolute atomic E-state index is 0.165. The first kappa shape index (κ1) is 19.0. The lowest BCUT2D eigenvalue weighted by Crippen LogP contribution is -2.52. The molecule has 150 valence electrons. The number of imide groups is 1. The number of rotatable bonds is 4. The van der Waals surface area contributed by atoms with Crippen molar-refractivity contribution < 1.29 is 23.9 Å². The Kier molecular flexibility index (Phi) is 4.97. The van der Waals surface area contributed by atoms with Gasteiger partial charge in [0.15, 0.2) is 6.61 Å². The largest absolute Gasteiger partial charge is 0.483 e. The number of hydrogen-bond donors (Lipinski definition) is 1. The summed E-state index contributed by atoms with van der Waals surface area (Å²) in [5.74, 6) is 1.81. The van der Waals surface area contributed by atoms with E-state index in [1.54, 1.807) is 23.1 Å². The summed E-state index contributed by atoms with van der Waals surface area (Å²) in [6.45, 7) is 0.647. The monoisotopic (exact) mass is 395 g/mol. The van der Waals surface area contributed by atoms with Gasteiger partial charge in [0.05, 0.1) is 12.6 Å². The predicted octanol–water partition coefficient (Wildman–Crippen LogP) is 0.451. The molecule has 2 unspecified atom stereocenters. The van der Waals surface area contributed by atoms with Crippen LogP contribution in [0.3, 0.4) is 0 Å². The van der Waals surface area contributed by atoms with E-state index in [2.05, 4.69) is 11.2 Å². The number of fused-ring (bicyclic) bond motifs is 1. The van der Waals surface area contributed by atoms with Crippen LogP contribution < -0.4 is 10.1 Å². The van der Waals surface area contributed by atoms with Gasteiger partial charge in [0.2, 0.25) is 11.8 Å². The van der Waals surface area contributed by atoms with E-state index in [0.717, 1.165) is 12.8 Å². The number of nitrogens with one attached hydrogen (secondary N) is 1. The Morgan fingerprint density at radius 1 is 1.28 bits per heavy atom. The van der Waals surface area contributed by atoms with Crippen LogP contribution in [0.4, 0.5) is 0 Å². The molecule has 3 heterocycles. The number of terminal acetylenes is 1. The number of likely N-dealkylation sites (tertiary alicyclic amines) is 1. The Morgan fingerprint density at radius 3 is 2.86 bits per heavy atom. The number of hydrogen-bond acceptors (Lipinski definition) is 5. The average Bonchev–Trinajstić information content (AvgIpc) is 3.31. The highest BCUT2D eigenvalue weighted by Gasteiger charge is 2.40. The van der Waals surface area contributed by atoms with Gasteiger partial charge >= 0.3 is 0 Å². The highest BCUT2D eigenvalue weighted by atomic mass is 16.5. The molecule has 0 saturated carbocycles. The van der Waals surface area contributed by atoms with E-state index in [9.17, 15) is 19.2 Å². The maximum atomic E-state index is 12.8. The van der Waals surface area contributed by atoms with Gasteiger partial charge in [-0.2, -0.15) is 0 Å². The van der Waals surface area contributed by atoms with E-state index < -0.39 is 11.9 Å². The molecule has 8 heteroatoms. The van der Waals surface area contributed by atoms with Gasteiger partial charge in [-0.1, -0.05) is 12.0 Å². The maximum Gasteiger partial charge on any atom is 0.261 e. The molecule has 0 spiro atoms. The van der Waals surface area contributed by atoms with Crippen molar-refractivity contribution in [2.75, 3.05) is 13.2 Å². The number of carbonyl (C=O) groups is 4. The lowest BCUT2D eigenvalue weighted by molar-refractivity contribution is -0.137. The van der Waals surface area contributed by atoms with E-state index in [1.165, 1.54) is 4.90 Å². The zero-order chi connectivity index (χ0) is 20.5. The minimum atomic E-state index is -0.692. The fourth-order valence-corrected chi connectivity index (χ4v) is 4.15. The lowest BCUT2D eigenvalue weighted by Gasteiger charge is -2.29. The second kappa shape index (κ2) is 7.59. The Morgan fingerprint density at radius 2 is 2.10 bits per heavy atom. The zero-order valence-electron chi connectivity index (χ0n) is 15.8. The van der Waals surface area contributed by atoms with E-state index in [4.69, 9.17) is 11.2 Å². The van der Waals surface area contributed by atoms with Gasteiger partial charge in [-0.25, -0.2) is 0 Å². The number of carbonyl (C=O) groups excluding carboxylic acids is 4. The predicted molar refractivity (Wildman–Crippen MR) is 102 cm³/mol. The molecule has 2 fully saturated rings. The SMILES string of the molecule is C#CC1CCCN1C(=O)COc1cccc2c1CN(C1CCC(=O)NC1=O)C2=O. The van der Waals surface area contributed by atoms with Gasteiger partial charge < -0.3 is 14.5 Å². The second-order valence-corrected chi connectivity index (χ2v) is 7.38. The first-order valence-electron chi connectivity index (χ1n) is 9.64. The van der Waals surface area contributed by atoms with E-state index in [1.807, 2.05) is 0 Å². The molecule has 1 aromatic carbocycles. The highest BCUT2D eigenvalue weighted by molar-refractivity contribution is 6.05. The Hall–Kier alpha value is -3.34. The molecule has 4 amide bonds. The molecule has 3 aliphatic rings. The van der Waals surface area contributed by atoms with Crippen molar-refractivity contribution in [3.63, 3.8) is 0 Å². The molecule has 0 aliphatic carbocycles. The van der Waals surface area contributed by atoms with Crippen molar-refractivity contribution in [1.82, 2.24) is 15.1 Å². The third kappa shape index (κ3) is 3.44. The van der Waals surface area contributed by atoms with E-state index >= 15 is 0 Å². The van der Waals surface area contributed by atoms with Crippen LogP contribution in [0.5, 0.6) is 5.75 Å². The highest BCUT2D eigenvalue weighted by Crippen LogP contribution is 2.33. The third-order valence-corrected chi connectivity index (χ3v) is 5.66. The molecule has 1 aromatic rings. The number of amides is 4. The van der Waals surface area contributed by atoms with Gasteiger partial charge in [0.1, 0.15) is 11.8 Å². The number of ether oxygens (including phenoxy) is 1. The number of piperidine rings is 1. The fraction of sp³-hybridized carbons (Fsp3) is 0.429. The van der Waals surface area contributed by atoms with Gasteiger partial charge in [-0.15, -0.1) is 6.42 Å². The van der Waals surface area contributed by atoms with Gasteiger partial charge in [0.25, 0.3) is 11.8 Å². The number of nitrogens with zero attached hydrogens (tertiary/aromatic N) is 2. The van der Waals surface area contributed by atoms with Crippen molar-refractivity contribution in [3.05, 3.63) is 29.3 Å². The maximum absolute atomic E-state index is 12.8. The van der Waals surface area contributed by atoms with Crippen LogP contribution in [0.2, 0.25) is 0 Å². The molecule has 29 heavy (non-hydrogen) atoms. The second-order valence-electron chi connectivity index (χ2n) is 7.38. The lowest BCUT2D eigenvalue weighted by atomic mass is 10.0. The molecule has 8 nitrogen and oxygen atoms in total. The quantitative estimate of drug-likeness (QED) is 0.590. The van der Waals surface area contributed by atoms with Crippen LogP contribution in [0, 0.1) is 12.3 Å². The molecule has 3 aliphatic heterocycles. The minimum Gasteiger partial charge on any atom is -0.483 e.